The lowest BCUT2D eigenvalue weighted by molar-refractivity contribution is 0.283. The van der Waals surface area contributed by atoms with Gasteiger partial charge in [-0.2, -0.15) is 0 Å². The molecule has 0 bridgehead atoms. The quantitative estimate of drug-likeness (QED) is 0.668. The molecule has 1 aromatic rings. The minimum absolute atomic E-state index is 0.295. The normalized spacial score (nSPS) is 10.1. The first-order valence-corrected chi connectivity index (χ1v) is 4.29. The number of unbranched alkanes of at least 4 members (excludes halogenated alkanes) is 2. The predicted octanol–water partition coefficient (Wildman–Crippen LogP) is 1.18. The van der Waals surface area contributed by atoms with Crippen molar-refractivity contribution < 1.29 is 5.11 Å². The fourth-order valence-corrected chi connectivity index (χ4v) is 1.06. The summed E-state index contributed by atoms with van der Waals surface area (Å²) in [7, 11) is 0. The molecule has 0 aliphatic carbocycles. The van der Waals surface area contributed by atoms with Gasteiger partial charge in [-0.05, 0) is 25.3 Å². The molecule has 0 radical (unpaired) electrons. The van der Waals surface area contributed by atoms with Crippen LogP contribution in [0.1, 0.15) is 25.0 Å². The van der Waals surface area contributed by atoms with Crippen LogP contribution in [0.15, 0.2) is 18.6 Å². The molecule has 66 valence electrons. The maximum absolute atomic E-state index is 8.54. The average Bonchev–Trinajstić information content (AvgIpc) is 2.14. The summed E-state index contributed by atoms with van der Waals surface area (Å²) in [6.45, 7) is 0.295. The molecule has 0 fully saturated rings. The number of hydrogen-bond acceptors (Lipinski definition) is 3. The van der Waals surface area contributed by atoms with Gasteiger partial charge in [0.1, 0.15) is 6.33 Å². The molecule has 3 heteroatoms. The second kappa shape index (κ2) is 5.66. The average molecular weight is 166 g/mol. The fraction of sp³-hybridized carbons (Fsp3) is 0.556. The Morgan fingerprint density at radius 2 is 2.17 bits per heavy atom. The van der Waals surface area contributed by atoms with Gasteiger partial charge in [-0.1, -0.05) is 6.42 Å². The minimum atomic E-state index is 0.295. The van der Waals surface area contributed by atoms with Crippen LogP contribution in [-0.4, -0.2) is 21.7 Å². The smallest absolute Gasteiger partial charge is 0.115 e. The van der Waals surface area contributed by atoms with Gasteiger partial charge in [0.05, 0.1) is 0 Å². The number of aromatic nitrogens is 2. The Labute approximate surface area is 72.5 Å². The van der Waals surface area contributed by atoms with Crippen LogP contribution in [-0.2, 0) is 6.42 Å². The van der Waals surface area contributed by atoms with Gasteiger partial charge < -0.3 is 5.11 Å². The van der Waals surface area contributed by atoms with Crippen LogP contribution in [0.25, 0.3) is 0 Å². The summed E-state index contributed by atoms with van der Waals surface area (Å²) < 4.78 is 0. The number of aliphatic hydroxyl groups is 1. The lowest BCUT2D eigenvalue weighted by atomic mass is 10.1. The van der Waals surface area contributed by atoms with Gasteiger partial charge in [0.25, 0.3) is 0 Å². The van der Waals surface area contributed by atoms with Crippen molar-refractivity contribution in [3.63, 3.8) is 0 Å². The zero-order valence-electron chi connectivity index (χ0n) is 7.11. The Bertz CT molecular complexity index is 201. The topological polar surface area (TPSA) is 46.0 Å². The molecule has 0 amide bonds. The fourth-order valence-electron chi connectivity index (χ4n) is 1.06. The van der Waals surface area contributed by atoms with Crippen LogP contribution < -0.4 is 0 Å². The molecule has 1 heterocycles. The highest BCUT2D eigenvalue weighted by molar-refractivity contribution is 4.97. The first-order valence-electron chi connectivity index (χ1n) is 4.29. The van der Waals surface area contributed by atoms with E-state index in [9.17, 15) is 0 Å². The maximum Gasteiger partial charge on any atom is 0.115 e. The van der Waals surface area contributed by atoms with Crippen molar-refractivity contribution >= 4 is 0 Å². The number of aliphatic hydroxyl groups excluding tert-OH is 1. The van der Waals surface area contributed by atoms with Crippen molar-refractivity contribution in [3.8, 4) is 0 Å². The van der Waals surface area contributed by atoms with Gasteiger partial charge in [-0.15, -0.1) is 0 Å². The van der Waals surface area contributed by atoms with E-state index < -0.39 is 0 Å². The van der Waals surface area contributed by atoms with Gasteiger partial charge in [0.2, 0.25) is 0 Å². The van der Waals surface area contributed by atoms with Crippen molar-refractivity contribution in [1.82, 2.24) is 9.97 Å². The van der Waals surface area contributed by atoms with Crippen LogP contribution in [0.2, 0.25) is 0 Å². The highest BCUT2D eigenvalue weighted by Gasteiger charge is 1.92. The Hall–Kier alpha value is -0.960. The van der Waals surface area contributed by atoms with Crippen LogP contribution in [0.3, 0.4) is 0 Å². The molecule has 1 N–H and O–H groups in total. The lowest BCUT2D eigenvalue weighted by Gasteiger charge is -1.98. The molecule has 0 aliphatic heterocycles. The second-order valence-electron chi connectivity index (χ2n) is 2.73. The van der Waals surface area contributed by atoms with Crippen LogP contribution in [0.5, 0.6) is 0 Å². The van der Waals surface area contributed by atoms with Gasteiger partial charge in [0.15, 0.2) is 0 Å². The third-order valence-electron chi connectivity index (χ3n) is 1.73. The molecule has 0 aromatic carbocycles. The minimum Gasteiger partial charge on any atom is -0.396 e. The van der Waals surface area contributed by atoms with E-state index in [0.29, 0.717) is 6.61 Å². The molecule has 12 heavy (non-hydrogen) atoms. The summed E-state index contributed by atoms with van der Waals surface area (Å²) >= 11 is 0. The van der Waals surface area contributed by atoms with E-state index in [2.05, 4.69) is 9.97 Å². The van der Waals surface area contributed by atoms with E-state index in [-0.39, 0.29) is 0 Å². The van der Waals surface area contributed by atoms with Gasteiger partial charge in [-0.25, -0.2) is 9.97 Å². The van der Waals surface area contributed by atoms with Crippen molar-refractivity contribution in [3.05, 3.63) is 24.3 Å². The Kier molecular flexibility index (Phi) is 4.31. The van der Waals surface area contributed by atoms with Crippen LogP contribution in [0, 0.1) is 0 Å². The number of rotatable bonds is 5. The summed E-state index contributed by atoms with van der Waals surface area (Å²) in [5.74, 6) is 0. The Morgan fingerprint density at radius 1 is 1.25 bits per heavy atom. The summed E-state index contributed by atoms with van der Waals surface area (Å²) in [6, 6.07) is 1.93. The molecule has 1 aromatic heterocycles. The van der Waals surface area contributed by atoms with E-state index in [0.717, 1.165) is 31.4 Å². The molecule has 0 atom stereocenters. The highest BCUT2D eigenvalue weighted by Crippen LogP contribution is 2.01. The van der Waals surface area contributed by atoms with Gasteiger partial charge >= 0.3 is 0 Å². The molecule has 0 saturated heterocycles. The molecule has 0 saturated carbocycles. The zero-order chi connectivity index (χ0) is 8.65. The van der Waals surface area contributed by atoms with Crippen molar-refractivity contribution in [2.75, 3.05) is 6.61 Å². The molecule has 3 nitrogen and oxygen atoms in total. The van der Waals surface area contributed by atoms with E-state index in [1.165, 1.54) is 0 Å². The number of aryl methyl sites for hydroxylation is 1. The lowest BCUT2D eigenvalue weighted by Crippen LogP contribution is -1.91. The molecule has 0 aliphatic rings. The molecule has 1 rings (SSSR count). The van der Waals surface area contributed by atoms with Gasteiger partial charge in [0, 0.05) is 18.5 Å². The number of nitrogens with zero attached hydrogens (tertiary/aromatic N) is 2. The van der Waals surface area contributed by atoms with Crippen molar-refractivity contribution in [2.24, 2.45) is 0 Å². The van der Waals surface area contributed by atoms with E-state index >= 15 is 0 Å². The molecular formula is C9H14N2O. The summed E-state index contributed by atoms with van der Waals surface area (Å²) in [5, 5.41) is 8.54. The molecule has 0 spiro atoms. The van der Waals surface area contributed by atoms with Crippen LogP contribution in [0.4, 0.5) is 0 Å². The first kappa shape index (κ1) is 9.13. The third kappa shape index (κ3) is 3.44. The monoisotopic (exact) mass is 166 g/mol. The first-order chi connectivity index (χ1) is 5.93. The Morgan fingerprint density at radius 3 is 2.83 bits per heavy atom. The maximum atomic E-state index is 8.54. The third-order valence-corrected chi connectivity index (χ3v) is 1.73. The summed E-state index contributed by atoms with van der Waals surface area (Å²) in [4.78, 5) is 7.94. The molecule has 0 unspecified atom stereocenters. The van der Waals surface area contributed by atoms with E-state index in [4.69, 9.17) is 5.11 Å². The standard InChI is InChI=1S/C9H14N2O/c12-7-3-1-2-4-9-5-6-10-8-11-9/h5-6,8,12H,1-4,7H2. The summed E-state index contributed by atoms with van der Waals surface area (Å²) in [6.07, 6.45) is 7.38. The van der Waals surface area contributed by atoms with E-state index in [1.807, 2.05) is 6.07 Å². The van der Waals surface area contributed by atoms with E-state index in [1.54, 1.807) is 12.5 Å². The van der Waals surface area contributed by atoms with Crippen LogP contribution >= 0.6 is 0 Å². The summed E-state index contributed by atoms with van der Waals surface area (Å²) in [5.41, 5.74) is 1.09. The second-order valence-corrected chi connectivity index (χ2v) is 2.73. The SMILES string of the molecule is OCCCCCc1ccncn1. The zero-order valence-corrected chi connectivity index (χ0v) is 7.11. The van der Waals surface area contributed by atoms with Crippen molar-refractivity contribution in [1.29, 1.82) is 0 Å². The largest absolute Gasteiger partial charge is 0.396 e. The highest BCUT2D eigenvalue weighted by atomic mass is 16.2. The Balaban J connectivity index is 2.16. The predicted molar refractivity (Wildman–Crippen MR) is 46.7 cm³/mol. The van der Waals surface area contributed by atoms with Crippen molar-refractivity contribution in [2.45, 2.75) is 25.7 Å². The number of hydrogen-bond donors (Lipinski definition) is 1. The molecular weight excluding hydrogens is 152 g/mol. The van der Waals surface area contributed by atoms with Gasteiger partial charge in [-0.3, -0.25) is 0 Å².